The van der Waals surface area contributed by atoms with Crippen LogP contribution in [0.2, 0.25) is 0 Å². The number of carbonyl (C=O) groups excluding carboxylic acids is 3. The van der Waals surface area contributed by atoms with Crippen LogP contribution in [0.3, 0.4) is 0 Å². The molecule has 1 aliphatic rings. The van der Waals surface area contributed by atoms with Gasteiger partial charge in [0.15, 0.2) is 0 Å². The molecule has 0 amide bonds. The molecule has 2 rings (SSSR count). The van der Waals surface area contributed by atoms with Gasteiger partial charge in [0.1, 0.15) is 18.8 Å². The van der Waals surface area contributed by atoms with E-state index in [-0.39, 0.29) is 18.3 Å². The maximum absolute atomic E-state index is 11.7. The average molecular weight is 432 g/mol. The third kappa shape index (κ3) is 11.4. The summed E-state index contributed by atoms with van der Waals surface area (Å²) in [5, 5.41) is 0. The third-order valence-corrected chi connectivity index (χ3v) is 3.92. The first-order valence-corrected chi connectivity index (χ1v) is 9.17. The molecule has 30 heavy (non-hydrogen) atoms. The van der Waals surface area contributed by atoms with E-state index in [1.165, 1.54) is 12.7 Å². The number of carbonyl (C=O) groups is 3. The molecule has 0 saturated carbocycles. The molecule has 0 saturated heterocycles. The second-order valence-corrected chi connectivity index (χ2v) is 6.80. The molecular formula is C22H31F3O5. The number of allylic oxidation sites excluding steroid dienone is 2. The fourth-order valence-electron chi connectivity index (χ4n) is 2.63. The summed E-state index contributed by atoms with van der Waals surface area (Å²) in [6.07, 6.45) is 1.93. The zero-order valence-corrected chi connectivity index (χ0v) is 18.4. The van der Waals surface area contributed by atoms with E-state index in [4.69, 9.17) is 14.3 Å². The molecule has 0 aromatic heterocycles. The number of hydrogen-bond donors (Lipinski definition) is 0. The van der Waals surface area contributed by atoms with Crippen molar-refractivity contribution >= 4 is 24.6 Å². The van der Waals surface area contributed by atoms with Gasteiger partial charge in [0, 0.05) is 18.9 Å². The molecular weight excluding hydrogens is 401 g/mol. The maximum Gasteiger partial charge on any atom is 0.386 e. The minimum atomic E-state index is -4.00. The minimum absolute atomic E-state index is 0.113. The van der Waals surface area contributed by atoms with Gasteiger partial charge in [-0.15, -0.1) is 0 Å². The zero-order chi connectivity index (χ0) is 24.0. The predicted molar refractivity (Wildman–Crippen MR) is 111 cm³/mol. The molecule has 0 atom stereocenters. The summed E-state index contributed by atoms with van der Waals surface area (Å²) in [5.41, 5.74) is 2.91. The molecule has 0 unspecified atom stereocenters. The van der Waals surface area contributed by atoms with Gasteiger partial charge in [-0.3, -0.25) is 0 Å². The highest BCUT2D eigenvalue weighted by atomic mass is 19.4. The number of aldehydes is 1. The number of ether oxygens (including phenoxy) is 2. The van der Waals surface area contributed by atoms with Crippen molar-refractivity contribution in [1.82, 2.24) is 0 Å². The topological polar surface area (TPSA) is 69.7 Å². The summed E-state index contributed by atoms with van der Waals surface area (Å²) in [7, 11) is 3.05. The van der Waals surface area contributed by atoms with Gasteiger partial charge in [0.05, 0.1) is 19.8 Å². The number of rotatable bonds is 4. The lowest BCUT2D eigenvalue weighted by Gasteiger charge is -2.24. The van der Waals surface area contributed by atoms with Gasteiger partial charge < -0.3 is 19.1 Å². The Labute approximate surface area is 176 Å². The molecule has 0 heterocycles. The van der Waals surface area contributed by atoms with E-state index in [2.05, 4.69) is 19.9 Å². The third-order valence-electron chi connectivity index (χ3n) is 3.92. The molecule has 0 fully saturated rings. The lowest BCUT2D eigenvalue weighted by atomic mass is 9.81. The molecule has 1 aromatic carbocycles. The summed E-state index contributed by atoms with van der Waals surface area (Å²) in [6, 6.07) is 5.43. The van der Waals surface area contributed by atoms with Crippen molar-refractivity contribution in [3.63, 3.8) is 0 Å². The molecule has 0 radical (unpaired) electrons. The fraction of sp³-hybridized carbons (Fsp3) is 0.500. The largest absolute Gasteiger partial charge is 0.496 e. The van der Waals surface area contributed by atoms with Crippen molar-refractivity contribution in [1.29, 1.82) is 0 Å². The minimum Gasteiger partial charge on any atom is -0.496 e. The highest BCUT2D eigenvalue weighted by molar-refractivity contribution is 5.91. The van der Waals surface area contributed by atoms with Crippen LogP contribution in [0.4, 0.5) is 13.2 Å². The van der Waals surface area contributed by atoms with Crippen LogP contribution in [0.1, 0.15) is 62.9 Å². The Balaban J connectivity index is 0. The number of benzene rings is 1. The van der Waals surface area contributed by atoms with Crippen molar-refractivity contribution in [2.24, 2.45) is 5.41 Å². The molecule has 0 N–H and O–H groups in total. The fourth-order valence-corrected chi connectivity index (χ4v) is 2.63. The predicted octanol–water partition coefficient (Wildman–Crippen LogP) is 5.66. The van der Waals surface area contributed by atoms with Crippen LogP contribution in [-0.2, 0) is 14.3 Å². The van der Waals surface area contributed by atoms with Crippen LogP contribution < -0.4 is 4.74 Å². The Hall–Kier alpha value is -2.64. The van der Waals surface area contributed by atoms with Crippen LogP contribution in [0.15, 0.2) is 24.3 Å². The van der Waals surface area contributed by atoms with Gasteiger partial charge >= 0.3 is 12.1 Å². The molecule has 1 aromatic rings. The Kier molecular flexibility index (Phi) is 14.1. The molecule has 0 spiro atoms. The second-order valence-electron chi connectivity index (χ2n) is 6.80. The van der Waals surface area contributed by atoms with Crippen molar-refractivity contribution in [2.75, 3.05) is 14.2 Å². The monoisotopic (exact) mass is 432 g/mol. The van der Waals surface area contributed by atoms with Gasteiger partial charge in [-0.2, -0.15) is 13.2 Å². The average Bonchev–Trinajstić information content (AvgIpc) is 3.06. The SMILES string of the molecule is C=O.CC(F)(F)F.CCC=O.COC(=O)c1ccc(OC)c(C2=CCCC2(C)C)c1. The summed E-state index contributed by atoms with van der Waals surface area (Å²) in [4.78, 5) is 28.8. The van der Waals surface area contributed by atoms with Crippen LogP contribution in [0, 0.1) is 5.41 Å². The van der Waals surface area contributed by atoms with Gasteiger partial charge in [0.25, 0.3) is 0 Å². The van der Waals surface area contributed by atoms with Crippen molar-refractivity contribution in [3.8, 4) is 5.75 Å². The summed E-state index contributed by atoms with van der Waals surface area (Å²) >= 11 is 0. The van der Waals surface area contributed by atoms with E-state index in [0.717, 1.165) is 30.4 Å². The second kappa shape index (κ2) is 14.4. The van der Waals surface area contributed by atoms with Gasteiger partial charge in [-0.1, -0.05) is 26.8 Å². The highest BCUT2D eigenvalue weighted by Gasteiger charge is 2.30. The van der Waals surface area contributed by atoms with Crippen LogP contribution >= 0.6 is 0 Å². The first-order valence-electron chi connectivity index (χ1n) is 9.17. The smallest absolute Gasteiger partial charge is 0.386 e. The Bertz CT molecular complexity index is 689. The van der Waals surface area contributed by atoms with Gasteiger partial charge in [-0.25, -0.2) is 4.79 Å². The molecule has 170 valence electrons. The Morgan fingerprint density at radius 3 is 2.07 bits per heavy atom. The van der Waals surface area contributed by atoms with E-state index >= 15 is 0 Å². The number of halogens is 3. The summed E-state index contributed by atoms with van der Waals surface area (Å²) < 4.78 is 41.3. The van der Waals surface area contributed by atoms with Crippen molar-refractivity contribution in [2.45, 2.75) is 53.1 Å². The van der Waals surface area contributed by atoms with Crippen LogP contribution in [-0.4, -0.2) is 39.4 Å². The van der Waals surface area contributed by atoms with E-state index in [9.17, 15) is 22.8 Å². The molecule has 0 aliphatic heterocycles. The molecule has 1 aliphatic carbocycles. The van der Waals surface area contributed by atoms with E-state index < -0.39 is 6.18 Å². The van der Waals surface area contributed by atoms with Crippen LogP contribution in [0.25, 0.3) is 5.57 Å². The summed E-state index contributed by atoms with van der Waals surface area (Å²) in [5.74, 6) is 0.481. The van der Waals surface area contributed by atoms with E-state index in [1.807, 2.05) is 25.8 Å². The van der Waals surface area contributed by atoms with Gasteiger partial charge in [-0.05, 0) is 42.0 Å². The Morgan fingerprint density at radius 2 is 1.73 bits per heavy atom. The normalized spacial score (nSPS) is 13.7. The van der Waals surface area contributed by atoms with Crippen molar-refractivity contribution < 1.29 is 37.0 Å². The molecule has 5 nitrogen and oxygen atoms in total. The number of esters is 1. The van der Waals surface area contributed by atoms with E-state index in [0.29, 0.717) is 12.0 Å². The number of methoxy groups -OCH3 is 2. The van der Waals surface area contributed by atoms with Crippen molar-refractivity contribution in [3.05, 3.63) is 35.4 Å². The number of hydrogen-bond acceptors (Lipinski definition) is 5. The quantitative estimate of drug-likeness (QED) is 0.453. The molecule has 8 heteroatoms. The van der Waals surface area contributed by atoms with E-state index in [1.54, 1.807) is 13.2 Å². The van der Waals surface area contributed by atoms with Crippen LogP contribution in [0.5, 0.6) is 5.75 Å². The lowest BCUT2D eigenvalue weighted by molar-refractivity contribution is -0.110. The first-order chi connectivity index (χ1) is 13.9. The zero-order valence-electron chi connectivity index (χ0n) is 18.4. The van der Waals surface area contributed by atoms with Gasteiger partial charge in [0.2, 0.25) is 0 Å². The standard InChI is InChI=1S/C16H20O3.C3H6O.C2H3F3.CH2O/c1-16(2)9-5-6-13(16)12-10-11(15(17)19-4)7-8-14(12)18-3;1-2-3-4;1-2(3,4)5;1-2/h6-8,10H,5,9H2,1-4H3;3H,2H2,1H3;1H3;1H2. The maximum atomic E-state index is 11.7. The Morgan fingerprint density at radius 1 is 1.23 bits per heavy atom. The lowest BCUT2D eigenvalue weighted by Crippen LogP contribution is -2.11. The highest BCUT2D eigenvalue weighted by Crippen LogP contribution is 2.46. The first kappa shape index (κ1) is 29.6. The molecule has 0 bridgehead atoms. The summed E-state index contributed by atoms with van der Waals surface area (Å²) in [6.45, 7) is 8.44. The number of alkyl halides is 3.